The topological polar surface area (TPSA) is 91.3 Å². The molecule has 0 aliphatic carbocycles. The molecule has 0 fully saturated rings. The summed E-state index contributed by atoms with van der Waals surface area (Å²) in [6.45, 7) is 1.84. The van der Waals surface area contributed by atoms with Gasteiger partial charge in [0.15, 0.2) is 0 Å². The van der Waals surface area contributed by atoms with E-state index in [0.29, 0.717) is 11.6 Å². The molecule has 0 amide bonds. The average Bonchev–Trinajstić information content (AvgIpc) is 3.10. The second-order valence-corrected chi connectivity index (χ2v) is 4.88. The van der Waals surface area contributed by atoms with Crippen LogP contribution in [0.3, 0.4) is 0 Å². The summed E-state index contributed by atoms with van der Waals surface area (Å²) < 4.78 is 10.9. The third-order valence-corrected chi connectivity index (χ3v) is 3.32. The Morgan fingerprint density at radius 2 is 2.00 bits per heavy atom. The molecule has 0 spiro atoms. The van der Waals surface area contributed by atoms with Gasteiger partial charge in [-0.15, -0.1) is 10.2 Å². The maximum atomic E-state index is 10.8. The van der Waals surface area contributed by atoms with Gasteiger partial charge in [0.2, 0.25) is 12.3 Å². The van der Waals surface area contributed by atoms with Crippen LogP contribution in [0.25, 0.3) is 11.5 Å². The van der Waals surface area contributed by atoms with E-state index in [1.165, 1.54) is 18.5 Å². The molecular weight excluding hydrogens is 298 g/mol. The normalized spacial score (nSPS) is 11.9. The van der Waals surface area contributed by atoms with Crippen molar-refractivity contribution >= 4 is 5.69 Å². The number of nitrogens with zero attached hydrogens (tertiary/aromatic N) is 3. The monoisotopic (exact) mass is 311 g/mol. The highest BCUT2D eigenvalue weighted by Crippen LogP contribution is 2.26. The van der Waals surface area contributed by atoms with E-state index >= 15 is 0 Å². The van der Waals surface area contributed by atoms with Crippen LogP contribution in [0.15, 0.2) is 59.3 Å². The largest absolute Gasteiger partial charge is 0.486 e. The highest BCUT2D eigenvalue weighted by molar-refractivity contribution is 5.53. The zero-order valence-electron chi connectivity index (χ0n) is 12.2. The lowest BCUT2D eigenvalue weighted by Gasteiger charge is -2.15. The molecule has 0 saturated carbocycles. The van der Waals surface area contributed by atoms with Crippen LogP contribution in [0.1, 0.15) is 18.6 Å². The summed E-state index contributed by atoms with van der Waals surface area (Å²) in [6, 6.07) is 13.6. The quantitative estimate of drug-likeness (QED) is 0.526. The fourth-order valence-corrected chi connectivity index (χ4v) is 2.14. The summed E-state index contributed by atoms with van der Waals surface area (Å²) in [6.07, 6.45) is 0.952. The molecule has 3 aromatic rings. The maximum Gasteiger partial charge on any atom is 0.269 e. The molecule has 0 aliphatic rings. The molecule has 1 aromatic heterocycles. The lowest BCUT2D eigenvalue weighted by molar-refractivity contribution is -0.385. The van der Waals surface area contributed by atoms with Crippen LogP contribution in [0, 0.1) is 10.1 Å². The number of rotatable bonds is 5. The minimum Gasteiger partial charge on any atom is -0.486 e. The summed E-state index contributed by atoms with van der Waals surface area (Å²) in [5.41, 5.74) is 1.57. The minimum atomic E-state index is -0.421. The third-order valence-electron chi connectivity index (χ3n) is 3.32. The van der Waals surface area contributed by atoms with Crippen LogP contribution < -0.4 is 4.74 Å². The van der Waals surface area contributed by atoms with Crippen molar-refractivity contribution in [2.45, 2.75) is 13.0 Å². The molecule has 7 heteroatoms. The predicted molar refractivity (Wildman–Crippen MR) is 81.9 cm³/mol. The van der Waals surface area contributed by atoms with E-state index in [9.17, 15) is 10.1 Å². The first-order valence-corrected chi connectivity index (χ1v) is 6.91. The number of hydrogen-bond acceptors (Lipinski definition) is 6. The molecule has 116 valence electrons. The Morgan fingerprint density at radius 1 is 1.22 bits per heavy atom. The van der Waals surface area contributed by atoms with E-state index in [0.717, 1.165) is 11.1 Å². The van der Waals surface area contributed by atoms with Gasteiger partial charge in [-0.25, -0.2) is 0 Å². The summed E-state index contributed by atoms with van der Waals surface area (Å²) in [5.74, 6) is 1.08. The highest BCUT2D eigenvalue weighted by Gasteiger charge is 2.12. The number of nitro groups is 1. The molecule has 7 nitrogen and oxygen atoms in total. The van der Waals surface area contributed by atoms with Crippen molar-refractivity contribution in [3.05, 3.63) is 70.6 Å². The smallest absolute Gasteiger partial charge is 0.269 e. The van der Waals surface area contributed by atoms with E-state index in [-0.39, 0.29) is 11.8 Å². The summed E-state index contributed by atoms with van der Waals surface area (Å²) >= 11 is 0. The Bertz CT molecular complexity index is 800. The van der Waals surface area contributed by atoms with Gasteiger partial charge in [-0.2, -0.15) is 0 Å². The van der Waals surface area contributed by atoms with Gasteiger partial charge in [0, 0.05) is 17.7 Å². The lowest BCUT2D eigenvalue weighted by Crippen LogP contribution is -2.03. The Balaban J connectivity index is 1.74. The lowest BCUT2D eigenvalue weighted by atomic mass is 10.1. The average molecular weight is 311 g/mol. The number of ether oxygens (including phenoxy) is 1. The Morgan fingerprint density at radius 3 is 2.65 bits per heavy atom. The SMILES string of the molecule is CC(Oc1ccc(-c2nnco2)cc1)c1cccc([N+](=O)[O-])c1. The number of aromatic nitrogens is 2. The maximum absolute atomic E-state index is 10.8. The van der Waals surface area contributed by atoms with E-state index in [1.807, 2.05) is 19.1 Å². The van der Waals surface area contributed by atoms with Gasteiger partial charge in [0.1, 0.15) is 11.9 Å². The first-order valence-electron chi connectivity index (χ1n) is 6.91. The zero-order chi connectivity index (χ0) is 16.2. The summed E-state index contributed by atoms with van der Waals surface area (Å²) in [4.78, 5) is 10.4. The molecule has 3 rings (SSSR count). The molecule has 0 N–H and O–H groups in total. The Kier molecular flexibility index (Phi) is 4.01. The van der Waals surface area contributed by atoms with Gasteiger partial charge in [-0.3, -0.25) is 10.1 Å². The number of hydrogen-bond donors (Lipinski definition) is 0. The van der Waals surface area contributed by atoms with Crippen molar-refractivity contribution in [1.29, 1.82) is 0 Å². The van der Waals surface area contributed by atoms with E-state index < -0.39 is 4.92 Å². The van der Waals surface area contributed by atoms with Crippen LogP contribution in [0.5, 0.6) is 5.75 Å². The van der Waals surface area contributed by atoms with Crippen molar-refractivity contribution in [1.82, 2.24) is 10.2 Å². The number of nitro benzene ring substituents is 1. The van der Waals surface area contributed by atoms with Crippen LogP contribution >= 0.6 is 0 Å². The van der Waals surface area contributed by atoms with Crippen LogP contribution in [0.2, 0.25) is 0 Å². The molecule has 23 heavy (non-hydrogen) atoms. The second kappa shape index (κ2) is 6.27. The fraction of sp³-hybridized carbons (Fsp3) is 0.125. The zero-order valence-corrected chi connectivity index (χ0v) is 12.2. The molecule has 0 aliphatic heterocycles. The molecule has 0 bridgehead atoms. The predicted octanol–water partition coefficient (Wildman–Crippen LogP) is 3.78. The third kappa shape index (κ3) is 3.34. The first-order chi connectivity index (χ1) is 11.1. The second-order valence-electron chi connectivity index (χ2n) is 4.88. The van der Waals surface area contributed by atoms with Crippen molar-refractivity contribution in [3.63, 3.8) is 0 Å². The molecule has 1 heterocycles. The van der Waals surface area contributed by atoms with E-state index in [1.54, 1.807) is 24.3 Å². The van der Waals surface area contributed by atoms with Crippen molar-refractivity contribution in [2.75, 3.05) is 0 Å². The molecular formula is C16H13N3O4. The number of non-ortho nitro benzene ring substituents is 1. The molecule has 1 unspecified atom stereocenters. The van der Waals surface area contributed by atoms with Crippen molar-refractivity contribution in [3.8, 4) is 17.2 Å². The molecule has 0 saturated heterocycles. The Hall–Kier alpha value is -3.22. The van der Waals surface area contributed by atoms with Gasteiger partial charge in [0.05, 0.1) is 4.92 Å². The van der Waals surface area contributed by atoms with Gasteiger partial charge in [-0.1, -0.05) is 12.1 Å². The van der Waals surface area contributed by atoms with Crippen molar-refractivity contribution < 1.29 is 14.1 Å². The summed E-state index contributed by atoms with van der Waals surface area (Å²) in [7, 11) is 0. The minimum absolute atomic E-state index is 0.0460. The fourth-order valence-electron chi connectivity index (χ4n) is 2.14. The van der Waals surface area contributed by atoms with Gasteiger partial charge < -0.3 is 9.15 Å². The summed E-state index contributed by atoms with van der Waals surface area (Å²) in [5, 5.41) is 18.3. The first kappa shape index (κ1) is 14.7. The highest BCUT2D eigenvalue weighted by atomic mass is 16.6. The van der Waals surface area contributed by atoms with Crippen LogP contribution in [0.4, 0.5) is 5.69 Å². The van der Waals surface area contributed by atoms with E-state index in [2.05, 4.69) is 10.2 Å². The van der Waals surface area contributed by atoms with Gasteiger partial charge in [0.25, 0.3) is 5.69 Å². The standard InChI is InChI=1S/C16H13N3O4/c1-11(13-3-2-4-14(9-13)19(20)21)23-15-7-5-12(6-8-15)16-18-17-10-22-16/h2-11H,1H3. The number of benzene rings is 2. The Labute approximate surface area is 131 Å². The van der Waals surface area contributed by atoms with Gasteiger partial charge in [-0.05, 0) is 36.8 Å². The molecule has 0 radical (unpaired) electrons. The van der Waals surface area contributed by atoms with Crippen LogP contribution in [-0.4, -0.2) is 15.1 Å². The van der Waals surface area contributed by atoms with Crippen LogP contribution in [-0.2, 0) is 0 Å². The van der Waals surface area contributed by atoms with Crippen molar-refractivity contribution in [2.24, 2.45) is 0 Å². The van der Waals surface area contributed by atoms with Gasteiger partial charge >= 0.3 is 0 Å². The van der Waals surface area contributed by atoms with E-state index in [4.69, 9.17) is 9.15 Å². The molecule has 2 aromatic carbocycles. The molecule has 1 atom stereocenters.